The van der Waals surface area contributed by atoms with Crippen LogP contribution in [0, 0.1) is 0 Å². The van der Waals surface area contributed by atoms with Gasteiger partial charge in [0.25, 0.3) is 0 Å². The molecule has 7 nitrogen and oxygen atoms in total. The van der Waals surface area contributed by atoms with Gasteiger partial charge in [-0.25, -0.2) is 8.42 Å². The van der Waals surface area contributed by atoms with Crippen LogP contribution in [-0.4, -0.2) is 39.8 Å². The van der Waals surface area contributed by atoms with Gasteiger partial charge in [-0.05, 0) is 50.2 Å². The van der Waals surface area contributed by atoms with Crippen molar-refractivity contribution >= 4 is 21.6 Å². The number of carbonyl (C=O) groups excluding carboxylic acids is 1. The van der Waals surface area contributed by atoms with Crippen molar-refractivity contribution in [1.82, 2.24) is 5.32 Å². The van der Waals surface area contributed by atoms with Crippen molar-refractivity contribution in [2.45, 2.75) is 38.1 Å². The first kappa shape index (κ1) is 24.7. The molecule has 0 saturated carbocycles. The molecule has 1 unspecified atom stereocenters. The van der Waals surface area contributed by atoms with E-state index in [1.807, 2.05) is 13.8 Å². The Morgan fingerprint density at radius 1 is 1.24 bits per heavy atom. The van der Waals surface area contributed by atoms with Gasteiger partial charge in [-0.1, -0.05) is 6.07 Å². The van der Waals surface area contributed by atoms with Crippen molar-refractivity contribution in [3.05, 3.63) is 53.6 Å². The molecule has 11 heteroatoms. The third-order valence-corrected chi connectivity index (χ3v) is 6.30. The van der Waals surface area contributed by atoms with Gasteiger partial charge < -0.3 is 14.8 Å². The Hall–Kier alpha value is -2.95. The summed E-state index contributed by atoms with van der Waals surface area (Å²) in [5.41, 5.74) is -1.22. The summed E-state index contributed by atoms with van der Waals surface area (Å²) in [6.07, 6.45) is -3.43. The number of nitrogens with one attached hydrogen (secondary N) is 1. The number of hydrogen-bond acceptors (Lipinski definition) is 5. The second-order valence-corrected chi connectivity index (χ2v) is 10.3. The zero-order chi connectivity index (χ0) is 24.6. The molecule has 0 aromatic heterocycles. The van der Waals surface area contributed by atoms with Crippen LogP contribution in [0.15, 0.2) is 42.5 Å². The number of sulfonamides is 1. The summed E-state index contributed by atoms with van der Waals surface area (Å²) in [5.74, 6) is 0.433. The van der Waals surface area contributed by atoms with E-state index in [9.17, 15) is 26.4 Å². The summed E-state index contributed by atoms with van der Waals surface area (Å²) in [4.78, 5) is 12.9. The molecule has 1 heterocycles. The summed E-state index contributed by atoms with van der Waals surface area (Å²) in [6, 6.07) is 8.48. The number of halogens is 3. The summed E-state index contributed by atoms with van der Waals surface area (Å²) in [5, 5.41) is 2.80. The zero-order valence-corrected chi connectivity index (χ0v) is 19.4. The average Bonchev–Trinajstić information content (AvgIpc) is 2.69. The number of hydrogen-bond donors (Lipinski definition) is 1. The first-order valence-corrected chi connectivity index (χ1v) is 11.9. The van der Waals surface area contributed by atoms with Gasteiger partial charge >= 0.3 is 6.18 Å². The van der Waals surface area contributed by atoms with Crippen LogP contribution in [0.2, 0.25) is 0 Å². The molecular formula is C22H25F3N2O5S. The second kappa shape index (κ2) is 8.77. The number of benzene rings is 2. The average molecular weight is 487 g/mol. The molecule has 0 aliphatic carbocycles. The predicted molar refractivity (Wildman–Crippen MR) is 117 cm³/mol. The SMILES string of the molecule is COc1ccc2c(c1)C(NC(=O)CN(c1cccc(C(F)(F)F)c1)S(C)(=O)=O)CC(C)(C)O2. The maximum absolute atomic E-state index is 13.1. The van der Waals surface area contributed by atoms with Crippen LogP contribution in [-0.2, 0) is 21.0 Å². The molecule has 2 aromatic carbocycles. The molecule has 0 fully saturated rings. The number of amides is 1. The monoisotopic (exact) mass is 486 g/mol. The van der Waals surface area contributed by atoms with Gasteiger partial charge in [0.05, 0.1) is 30.7 Å². The fourth-order valence-corrected chi connectivity index (χ4v) is 4.54. The Balaban J connectivity index is 1.88. The first-order valence-electron chi connectivity index (χ1n) is 10.0. The third-order valence-electron chi connectivity index (χ3n) is 5.16. The van der Waals surface area contributed by atoms with Gasteiger partial charge in [0, 0.05) is 12.0 Å². The topological polar surface area (TPSA) is 84.9 Å². The van der Waals surface area contributed by atoms with Crippen molar-refractivity contribution in [3.8, 4) is 11.5 Å². The Kier molecular flexibility index (Phi) is 6.56. The highest BCUT2D eigenvalue weighted by atomic mass is 32.2. The van der Waals surface area contributed by atoms with Crippen LogP contribution in [0.25, 0.3) is 0 Å². The van der Waals surface area contributed by atoms with Gasteiger partial charge in [-0.15, -0.1) is 0 Å². The highest BCUT2D eigenvalue weighted by Crippen LogP contribution is 2.41. The Morgan fingerprint density at radius 2 is 1.94 bits per heavy atom. The van der Waals surface area contributed by atoms with Crippen LogP contribution >= 0.6 is 0 Å². The molecule has 1 amide bonds. The minimum Gasteiger partial charge on any atom is -0.497 e. The zero-order valence-electron chi connectivity index (χ0n) is 18.6. The smallest absolute Gasteiger partial charge is 0.416 e. The van der Waals surface area contributed by atoms with Crippen LogP contribution < -0.4 is 19.1 Å². The van der Waals surface area contributed by atoms with Gasteiger partial charge in [0.15, 0.2) is 0 Å². The van der Waals surface area contributed by atoms with Crippen molar-refractivity contribution in [3.63, 3.8) is 0 Å². The second-order valence-electron chi connectivity index (χ2n) is 8.41. The predicted octanol–water partition coefficient (Wildman–Crippen LogP) is 3.90. The fourth-order valence-electron chi connectivity index (χ4n) is 3.70. The van der Waals surface area contributed by atoms with Crippen LogP contribution in [0.4, 0.5) is 18.9 Å². The molecule has 0 spiro atoms. The largest absolute Gasteiger partial charge is 0.497 e. The molecule has 1 N–H and O–H groups in total. The lowest BCUT2D eigenvalue weighted by Gasteiger charge is -2.38. The maximum atomic E-state index is 13.1. The van der Waals surface area contributed by atoms with Crippen molar-refractivity contribution < 1.29 is 35.9 Å². The third kappa shape index (κ3) is 5.89. The Labute approximate surface area is 190 Å². The maximum Gasteiger partial charge on any atom is 0.416 e. The number of anilines is 1. The van der Waals surface area contributed by atoms with Crippen molar-refractivity contribution in [1.29, 1.82) is 0 Å². The molecular weight excluding hydrogens is 461 g/mol. The number of carbonyl (C=O) groups is 1. The number of methoxy groups -OCH3 is 1. The quantitative estimate of drug-likeness (QED) is 0.670. The Morgan fingerprint density at radius 3 is 2.55 bits per heavy atom. The molecule has 2 aromatic rings. The summed E-state index contributed by atoms with van der Waals surface area (Å²) in [6.45, 7) is 3.02. The van der Waals surface area contributed by atoms with Gasteiger partial charge in [-0.3, -0.25) is 9.10 Å². The fraction of sp³-hybridized carbons (Fsp3) is 0.409. The number of ether oxygens (including phenoxy) is 2. The van der Waals surface area contributed by atoms with Crippen LogP contribution in [0.3, 0.4) is 0 Å². The van der Waals surface area contributed by atoms with Gasteiger partial charge in [-0.2, -0.15) is 13.2 Å². The van der Waals surface area contributed by atoms with E-state index < -0.39 is 45.9 Å². The van der Waals surface area contributed by atoms with Crippen molar-refractivity contribution in [2.75, 3.05) is 24.2 Å². The highest BCUT2D eigenvalue weighted by molar-refractivity contribution is 7.92. The standard InChI is InChI=1S/C22H25F3N2O5S/c1-21(2)12-18(17-11-16(31-3)8-9-19(17)32-21)26-20(28)13-27(33(4,29)30)15-7-5-6-14(10-15)22(23,24)25/h5-11,18H,12-13H2,1-4H3,(H,26,28). The molecule has 1 aliphatic rings. The van der Waals surface area contributed by atoms with Crippen LogP contribution in [0.5, 0.6) is 11.5 Å². The van der Waals surface area contributed by atoms with Gasteiger partial charge in [0.1, 0.15) is 23.6 Å². The van der Waals surface area contributed by atoms with Gasteiger partial charge in [0.2, 0.25) is 15.9 Å². The van der Waals surface area contributed by atoms with Crippen LogP contribution in [0.1, 0.15) is 37.4 Å². The van der Waals surface area contributed by atoms with E-state index in [0.717, 1.165) is 18.4 Å². The minimum absolute atomic E-state index is 0.253. The molecule has 0 bridgehead atoms. The lowest BCUT2D eigenvalue weighted by Crippen LogP contribution is -2.45. The van der Waals surface area contributed by atoms with E-state index in [-0.39, 0.29) is 5.69 Å². The molecule has 3 rings (SSSR count). The molecule has 180 valence electrons. The lowest BCUT2D eigenvalue weighted by atomic mass is 9.89. The van der Waals surface area contributed by atoms with E-state index >= 15 is 0 Å². The normalized spacial score (nSPS) is 17.5. The molecule has 33 heavy (non-hydrogen) atoms. The van der Waals surface area contributed by atoms with Crippen molar-refractivity contribution in [2.24, 2.45) is 0 Å². The number of fused-ring (bicyclic) bond motifs is 1. The molecule has 1 aliphatic heterocycles. The molecule has 1 atom stereocenters. The van der Waals surface area contributed by atoms with E-state index in [0.29, 0.717) is 33.9 Å². The minimum atomic E-state index is -4.65. The summed E-state index contributed by atoms with van der Waals surface area (Å²) < 4.78 is 75.8. The molecule has 0 saturated heterocycles. The summed E-state index contributed by atoms with van der Waals surface area (Å²) in [7, 11) is -2.55. The highest BCUT2D eigenvalue weighted by Gasteiger charge is 2.36. The number of nitrogens with zero attached hydrogens (tertiary/aromatic N) is 1. The number of rotatable bonds is 6. The first-order chi connectivity index (χ1) is 15.2. The Bertz CT molecular complexity index is 1150. The van der Waals surface area contributed by atoms with E-state index in [1.165, 1.54) is 13.2 Å². The van der Waals surface area contributed by atoms with E-state index in [1.54, 1.807) is 18.2 Å². The van der Waals surface area contributed by atoms with E-state index in [2.05, 4.69) is 5.32 Å². The molecule has 0 radical (unpaired) electrons. The lowest BCUT2D eigenvalue weighted by molar-refractivity contribution is -0.137. The van der Waals surface area contributed by atoms with E-state index in [4.69, 9.17) is 9.47 Å². The number of alkyl halides is 3. The summed E-state index contributed by atoms with van der Waals surface area (Å²) >= 11 is 0.